The number of methoxy groups -OCH3 is 1. The Morgan fingerprint density at radius 3 is 2.83 bits per heavy atom. The minimum absolute atomic E-state index is 0.0672. The molecule has 0 saturated carbocycles. The lowest BCUT2D eigenvalue weighted by molar-refractivity contribution is 0.168. The van der Waals surface area contributed by atoms with E-state index in [1.807, 2.05) is 6.07 Å². The number of aliphatic hydroxyl groups excluding tert-OH is 1. The van der Waals surface area contributed by atoms with Crippen molar-refractivity contribution < 1.29 is 14.6 Å². The Morgan fingerprint density at radius 2 is 2.17 bits per heavy atom. The van der Waals surface area contributed by atoms with Crippen molar-refractivity contribution >= 4 is 6.03 Å². The lowest BCUT2D eigenvalue weighted by Crippen LogP contribution is -2.39. The molecule has 0 aliphatic carbocycles. The summed E-state index contributed by atoms with van der Waals surface area (Å²) in [5.74, 6) is 1.22. The van der Waals surface area contributed by atoms with Gasteiger partial charge in [-0.05, 0) is 13.0 Å². The SMILES string of the molecule is COc1ccccc1[C@H](O)CNC(=O)N[C@@H](C)c1nncn1C. The van der Waals surface area contributed by atoms with Gasteiger partial charge in [0, 0.05) is 19.2 Å². The summed E-state index contributed by atoms with van der Waals surface area (Å²) in [5.41, 5.74) is 0.622. The number of hydrogen-bond donors (Lipinski definition) is 3. The zero-order valence-corrected chi connectivity index (χ0v) is 13.4. The molecule has 0 saturated heterocycles. The number of rotatable bonds is 6. The third-order valence-electron chi connectivity index (χ3n) is 3.44. The molecular formula is C15H21N5O3. The van der Waals surface area contributed by atoms with Crippen molar-refractivity contribution in [2.45, 2.75) is 19.1 Å². The first kappa shape index (κ1) is 16.8. The molecule has 0 unspecified atom stereocenters. The Balaban J connectivity index is 1.88. The fourth-order valence-corrected chi connectivity index (χ4v) is 2.24. The predicted molar refractivity (Wildman–Crippen MR) is 83.9 cm³/mol. The molecule has 2 aromatic rings. The Bertz CT molecular complexity index is 658. The highest BCUT2D eigenvalue weighted by molar-refractivity contribution is 5.74. The zero-order chi connectivity index (χ0) is 16.8. The number of amides is 2. The lowest BCUT2D eigenvalue weighted by Gasteiger charge is -2.17. The molecule has 8 nitrogen and oxygen atoms in total. The molecule has 2 amide bonds. The molecule has 1 heterocycles. The number of ether oxygens (including phenoxy) is 1. The topological polar surface area (TPSA) is 101 Å². The first-order valence-corrected chi connectivity index (χ1v) is 7.22. The fraction of sp³-hybridized carbons (Fsp3) is 0.400. The maximum atomic E-state index is 11.9. The Labute approximate surface area is 134 Å². The number of carbonyl (C=O) groups excluding carboxylic acids is 1. The van der Waals surface area contributed by atoms with Gasteiger partial charge in [-0.3, -0.25) is 0 Å². The van der Waals surface area contributed by atoms with Gasteiger partial charge in [-0.2, -0.15) is 0 Å². The first-order valence-electron chi connectivity index (χ1n) is 7.22. The van der Waals surface area contributed by atoms with Crippen molar-refractivity contribution in [3.63, 3.8) is 0 Å². The maximum Gasteiger partial charge on any atom is 0.315 e. The van der Waals surface area contributed by atoms with Crippen molar-refractivity contribution in [3.05, 3.63) is 42.0 Å². The zero-order valence-electron chi connectivity index (χ0n) is 13.4. The molecule has 0 aliphatic heterocycles. The molecule has 0 spiro atoms. The third kappa shape index (κ3) is 4.19. The minimum Gasteiger partial charge on any atom is -0.496 e. The second-order valence-electron chi connectivity index (χ2n) is 5.13. The number of para-hydroxylation sites is 1. The van der Waals surface area contributed by atoms with Gasteiger partial charge in [-0.15, -0.1) is 10.2 Å². The highest BCUT2D eigenvalue weighted by Gasteiger charge is 2.16. The van der Waals surface area contributed by atoms with Crippen molar-refractivity contribution in [2.75, 3.05) is 13.7 Å². The minimum atomic E-state index is -0.859. The number of benzene rings is 1. The highest BCUT2D eigenvalue weighted by Crippen LogP contribution is 2.23. The number of nitrogens with one attached hydrogen (secondary N) is 2. The Hall–Kier alpha value is -2.61. The molecule has 124 valence electrons. The van der Waals surface area contributed by atoms with Crippen molar-refractivity contribution in [3.8, 4) is 5.75 Å². The average molecular weight is 319 g/mol. The van der Waals surface area contributed by atoms with Gasteiger partial charge in [0.25, 0.3) is 0 Å². The van der Waals surface area contributed by atoms with E-state index in [2.05, 4.69) is 20.8 Å². The van der Waals surface area contributed by atoms with Crippen LogP contribution in [0.2, 0.25) is 0 Å². The first-order chi connectivity index (χ1) is 11.0. The van der Waals surface area contributed by atoms with Crippen molar-refractivity contribution in [2.24, 2.45) is 7.05 Å². The van der Waals surface area contributed by atoms with Crippen LogP contribution in [0.15, 0.2) is 30.6 Å². The molecule has 23 heavy (non-hydrogen) atoms. The van der Waals surface area contributed by atoms with Crippen LogP contribution >= 0.6 is 0 Å². The van der Waals surface area contributed by atoms with Crippen LogP contribution in [-0.4, -0.2) is 39.6 Å². The van der Waals surface area contributed by atoms with E-state index in [0.717, 1.165) is 0 Å². The molecule has 0 bridgehead atoms. The van der Waals surface area contributed by atoms with Crippen molar-refractivity contribution in [1.29, 1.82) is 0 Å². The van der Waals surface area contributed by atoms with Crippen LogP contribution in [0.4, 0.5) is 4.79 Å². The summed E-state index contributed by atoms with van der Waals surface area (Å²) in [4.78, 5) is 11.9. The molecule has 2 rings (SSSR count). The van der Waals surface area contributed by atoms with Gasteiger partial charge in [-0.1, -0.05) is 18.2 Å². The molecular weight excluding hydrogens is 298 g/mol. The molecule has 1 aromatic carbocycles. The van der Waals surface area contributed by atoms with Gasteiger partial charge in [-0.25, -0.2) is 4.79 Å². The van der Waals surface area contributed by atoms with E-state index < -0.39 is 12.1 Å². The van der Waals surface area contributed by atoms with Gasteiger partial charge in [0.2, 0.25) is 0 Å². The van der Waals surface area contributed by atoms with E-state index in [1.165, 1.54) is 7.11 Å². The molecule has 8 heteroatoms. The number of aryl methyl sites for hydroxylation is 1. The number of aromatic nitrogens is 3. The maximum absolute atomic E-state index is 11.9. The molecule has 2 atom stereocenters. The number of urea groups is 1. The summed E-state index contributed by atoms with van der Waals surface area (Å²) in [5, 5.41) is 23.3. The Morgan fingerprint density at radius 1 is 1.43 bits per heavy atom. The predicted octanol–water partition coefficient (Wildman–Crippen LogP) is 0.917. The molecule has 0 radical (unpaired) electrons. The van der Waals surface area contributed by atoms with Gasteiger partial charge in [0.05, 0.1) is 19.3 Å². The summed E-state index contributed by atoms with van der Waals surface area (Å²) in [6, 6.07) is 6.44. The van der Waals surface area contributed by atoms with Gasteiger partial charge >= 0.3 is 6.03 Å². The van der Waals surface area contributed by atoms with E-state index in [1.54, 1.807) is 43.1 Å². The van der Waals surface area contributed by atoms with Crippen LogP contribution in [0.5, 0.6) is 5.75 Å². The van der Waals surface area contributed by atoms with E-state index in [4.69, 9.17) is 4.74 Å². The van der Waals surface area contributed by atoms with Crippen LogP contribution < -0.4 is 15.4 Å². The number of hydrogen-bond acceptors (Lipinski definition) is 5. The van der Waals surface area contributed by atoms with E-state index in [-0.39, 0.29) is 12.6 Å². The monoisotopic (exact) mass is 319 g/mol. The average Bonchev–Trinajstić information content (AvgIpc) is 2.98. The summed E-state index contributed by atoms with van der Waals surface area (Å²) in [6.07, 6.45) is 0.707. The van der Waals surface area contributed by atoms with Crippen LogP contribution in [0, 0.1) is 0 Å². The van der Waals surface area contributed by atoms with Crippen LogP contribution in [0.3, 0.4) is 0 Å². The number of carbonyl (C=O) groups is 1. The van der Waals surface area contributed by atoms with E-state index >= 15 is 0 Å². The van der Waals surface area contributed by atoms with Gasteiger partial charge in [0.15, 0.2) is 5.82 Å². The lowest BCUT2D eigenvalue weighted by atomic mass is 10.1. The summed E-state index contributed by atoms with van der Waals surface area (Å²) in [6.45, 7) is 1.87. The van der Waals surface area contributed by atoms with E-state index in [0.29, 0.717) is 17.1 Å². The number of nitrogens with zero attached hydrogens (tertiary/aromatic N) is 3. The van der Waals surface area contributed by atoms with Crippen molar-refractivity contribution in [1.82, 2.24) is 25.4 Å². The molecule has 3 N–H and O–H groups in total. The fourth-order valence-electron chi connectivity index (χ4n) is 2.24. The van der Waals surface area contributed by atoms with Crippen LogP contribution in [-0.2, 0) is 7.05 Å². The summed E-state index contributed by atoms with van der Waals surface area (Å²) < 4.78 is 6.92. The van der Waals surface area contributed by atoms with Crippen LogP contribution in [0.25, 0.3) is 0 Å². The number of aliphatic hydroxyl groups is 1. The summed E-state index contributed by atoms with van der Waals surface area (Å²) >= 11 is 0. The Kier molecular flexibility index (Phi) is 5.53. The van der Waals surface area contributed by atoms with Gasteiger partial charge < -0.3 is 25.0 Å². The molecule has 1 aromatic heterocycles. The van der Waals surface area contributed by atoms with Crippen LogP contribution in [0.1, 0.15) is 30.5 Å². The largest absolute Gasteiger partial charge is 0.496 e. The summed E-state index contributed by atoms with van der Waals surface area (Å²) in [7, 11) is 3.34. The quantitative estimate of drug-likeness (QED) is 0.735. The smallest absolute Gasteiger partial charge is 0.315 e. The van der Waals surface area contributed by atoms with Gasteiger partial charge in [0.1, 0.15) is 12.1 Å². The van der Waals surface area contributed by atoms with E-state index in [9.17, 15) is 9.90 Å². The second kappa shape index (κ2) is 7.59. The normalized spacial score (nSPS) is 13.2. The third-order valence-corrected chi connectivity index (χ3v) is 3.44. The second-order valence-corrected chi connectivity index (χ2v) is 5.13. The molecule has 0 aliphatic rings. The highest BCUT2D eigenvalue weighted by atomic mass is 16.5. The molecule has 0 fully saturated rings. The standard InChI is InChI=1S/C15H21N5O3/c1-10(14-19-17-9-20(14)2)18-15(22)16-8-12(21)11-6-4-5-7-13(11)23-3/h4-7,9-10,12,21H,8H2,1-3H3,(H2,16,18,22)/t10-,12+/m0/s1.